The number of ether oxygens (including phenoxy) is 1. The Morgan fingerprint density at radius 1 is 0.861 bits per heavy atom. The van der Waals surface area contributed by atoms with Crippen molar-refractivity contribution in [1.29, 1.82) is 0 Å². The monoisotopic (exact) mass is 527 g/mol. The number of urea groups is 2. The summed E-state index contributed by atoms with van der Waals surface area (Å²) in [5.41, 5.74) is 3.71. The maximum Gasteiger partial charge on any atom is 0.323 e. The van der Waals surface area contributed by atoms with Crippen molar-refractivity contribution < 1.29 is 14.3 Å². The number of piperazine rings is 1. The van der Waals surface area contributed by atoms with Crippen LogP contribution in [0.4, 0.5) is 32.3 Å². The van der Waals surface area contributed by atoms with Crippen molar-refractivity contribution in [3.63, 3.8) is 0 Å². The second-order valence-electron chi connectivity index (χ2n) is 8.33. The largest absolute Gasteiger partial charge is 0.495 e. The molecule has 1 fully saturated rings. The smallest absolute Gasteiger partial charge is 0.323 e. The maximum atomic E-state index is 12.7. The zero-order valence-corrected chi connectivity index (χ0v) is 21.5. The second-order valence-corrected chi connectivity index (χ2v) is 9.15. The predicted molar refractivity (Wildman–Crippen MR) is 146 cm³/mol. The number of halogens is 2. The van der Waals surface area contributed by atoms with Crippen LogP contribution >= 0.6 is 23.2 Å². The van der Waals surface area contributed by atoms with E-state index in [4.69, 9.17) is 27.9 Å². The van der Waals surface area contributed by atoms with Gasteiger partial charge in [-0.25, -0.2) is 9.59 Å². The van der Waals surface area contributed by atoms with E-state index in [9.17, 15) is 9.59 Å². The fourth-order valence-electron chi connectivity index (χ4n) is 3.93. The standard InChI is InChI=1S/C26H27Cl2N5O3/c1-17-6-11-23(36-2)22(16-17)30-25(34)29-18-7-9-19(10-8-18)32-12-14-33(15-13-32)26(35)31-24-20(27)4-3-5-21(24)28/h3-11,16H,12-15H2,1-2H3,(H,31,35)(H2,29,30,34). The Balaban J connectivity index is 1.29. The number of carbonyl (C=O) groups excluding carboxylic acids is 2. The molecule has 4 rings (SSSR count). The van der Waals surface area contributed by atoms with Gasteiger partial charge in [-0.2, -0.15) is 0 Å². The van der Waals surface area contributed by atoms with Crippen molar-refractivity contribution in [1.82, 2.24) is 4.90 Å². The van der Waals surface area contributed by atoms with Gasteiger partial charge in [0.1, 0.15) is 5.75 Å². The summed E-state index contributed by atoms with van der Waals surface area (Å²) in [4.78, 5) is 29.1. The highest BCUT2D eigenvalue weighted by Crippen LogP contribution is 2.30. The van der Waals surface area contributed by atoms with Crippen LogP contribution in [0, 0.1) is 6.92 Å². The summed E-state index contributed by atoms with van der Waals surface area (Å²) in [6.45, 7) is 4.39. The molecular weight excluding hydrogens is 501 g/mol. The van der Waals surface area contributed by atoms with E-state index >= 15 is 0 Å². The molecule has 0 unspecified atom stereocenters. The Bertz CT molecular complexity index is 1220. The third-order valence-electron chi connectivity index (χ3n) is 5.86. The highest BCUT2D eigenvalue weighted by atomic mass is 35.5. The molecule has 10 heteroatoms. The van der Waals surface area contributed by atoms with Crippen molar-refractivity contribution in [3.05, 3.63) is 76.3 Å². The van der Waals surface area contributed by atoms with Gasteiger partial charge >= 0.3 is 12.1 Å². The van der Waals surface area contributed by atoms with E-state index in [2.05, 4.69) is 20.9 Å². The molecule has 0 spiro atoms. The van der Waals surface area contributed by atoms with Crippen LogP contribution in [0.1, 0.15) is 5.56 Å². The van der Waals surface area contributed by atoms with Gasteiger partial charge in [0.2, 0.25) is 0 Å². The first-order valence-corrected chi connectivity index (χ1v) is 12.2. The molecule has 3 aromatic rings. The molecule has 3 aromatic carbocycles. The van der Waals surface area contributed by atoms with Crippen molar-refractivity contribution >= 4 is 58.0 Å². The second kappa shape index (κ2) is 11.4. The number of benzene rings is 3. The molecule has 188 valence electrons. The van der Waals surface area contributed by atoms with Gasteiger partial charge in [-0.1, -0.05) is 35.3 Å². The molecule has 0 aromatic heterocycles. The number of hydrogen-bond donors (Lipinski definition) is 3. The van der Waals surface area contributed by atoms with Gasteiger partial charge in [-0.3, -0.25) is 0 Å². The summed E-state index contributed by atoms with van der Waals surface area (Å²) in [5.74, 6) is 0.592. The molecule has 0 aliphatic carbocycles. The van der Waals surface area contributed by atoms with E-state index in [1.165, 1.54) is 0 Å². The Kier molecular flexibility index (Phi) is 8.07. The number of hydrogen-bond acceptors (Lipinski definition) is 4. The molecule has 0 saturated carbocycles. The molecule has 1 heterocycles. The SMILES string of the molecule is COc1ccc(C)cc1NC(=O)Nc1ccc(N2CCN(C(=O)Nc3c(Cl)cccc3Cl)CC2)cc1. The maximum absolute atomic E-state index is 12.7. The number of nitrogens with one attached hydrogen (secondary N) is 3. The van der Waals surface area contributed by atoms with Crippen LogP contribution in [0.25, 0.3) is 0 Å². The third kappa shape index (κ3) is 6.13. The summed E-state index contributed by atoms with van der Waals surface area (Å²) in [6.07, 6.45) is 0. The van der Waals surface area contributed by atoms with Crippen LogP contribution in [0.5, 0.6) is 5.75 Å². The number of para-hydroxylation sites is 1. The van der Waals surface area contributed by atoms with Crippen LogP contribution in [0.2, 0.25) is 10.0 Å². The Morgan fingerprint density at radius 2 is 1.53 bits per heavy atom. The minimum Gasteiger partial charge on any atom is -0.495 e. The average molecular weight is 528 g/mol. The first-order valence-electron chi connectivity index (χ1n) is 11.4. The van der Waals surface area contributed by atoms with Crippen molar-refractivity contribution in [2.24, 2.45) is 0 Å². The zero-order chi connectivity index (χ0) is 25.7. The predicted octanol–water partition coefficient (Wildman–Crippen LogP) is 6.31. The summed E-state index contributed by atoms with van der Waals surface area (Å²) >= 11 is 12.3. The van der Waals surface area contributed by atoms with Crippen molar-refractivity contribution in [2.75, 3.05) is 54.1 Å². The van der Waals surface area contributed by atoms with Gasteiger partial charge in [0.25, 0.3) is 0 Å². The molecule has 4 amide bonds. The molecular formula is C26H27Cl2N5O3. The Labute approximate surface area is 220 Å². The lowest BCUT2D eigenvalue weighted by Gasteiger charge is -2.36. The third-order valence-corrected chi connectivity index (χ3v) is 6.49. The molecule has 0 bridgehead atoms. The Hall–Kier alpha value is -3.62. The van der Waals surface area contributed by atoms with Gasteiger partial charge in [0, 0.05) is 37.6 Å². The van der Waals surface area contributed by atoms with Gasteiger partial charge in [0.15, 0.2) is 0 Å². The molecule has 0 atom stereocenters. The lowest BCUT2D eigenvalue weighted by Crippen LogP contribution is -2.50. The van der Waals surface area contributed by atoms with Gasteiger partial charge < -0.3 is 30.5 Å². The molecule has 1 saturated heterocycles. The molecule has 1 aliphatic heterocycles. The van der Waals surface area contributed by atoms with E-state index in [0.29, 0.717) is 59.0 Å². The molecule has 36 heavy (non-hydrogen) atoms. The summed E-state index contributed by atoms with van der Waals surface area (Å²) in [5, 5.41) is 9.26. The molecule has 3 N–H and O–H groups in total. The van der Waals surface area contributed by atoms with E-state index < -0.39 is 0 Å². The molecule has 1 aliphatic rings. The van der Waals surface area contributed by atoms with E-state index in [1.807, 2.05) is 49.4 Å². The molecule has 8 nitrogen and oxygen atoms in total. The van der Waals surface area contributed by atoms with E-state index in [-0.39, 0.29) is 12.1 Å². The highest BCUT2D eigenvalue weighted by Gasteiger charge is 2.22. The quantitative estimate of drug-likeness (QED) is 0.363. The minimum absolute atomic E-state index is 0.236. The minimum atomic E-state index is -0.357. The zero-order valence-electron chi connectivity index (χ0n) is 20.0. The summed E-state index contributed by atoms with van der Waals surface area (Å²) in [6, 6.07) is 17.7. The number of anilines is 4. The Morgan fingerprint density at radius 3 is 2.17 bits per heavy atom. The van der Waals surface area contributed by atoms with Gasteiger partial charge in [0.05, 0.1) is 28.5 Å². The number of aryl methyl sites for hydroxylation is 1. The van der Waals surface area contributed by atoms with Crippen LogP contribution in [0.3, 0.4) is 0 Å². The average Bonchev–Trinajstić information content (AvgIpc) is 2.87. The van der Waals surface area contributed by atoms with Crippen LogP contribution in [0.15, 0.2) is 60.7 Å². The number of rotatable bonds is 5. The first kappa shape index (κ1) is 25.5. The fourth-order valence-corrected chi connectivity index (χ4v) is 4.42. The number of nitrogens with zero attached hydrogens (tertiary/aromatic N) is 2. The van der Waals surface area contributed by atoms with Crippen LogP contribution in [-0.2, 0) is 0 Å². The summed E-state index contributed by atoms with van der Waals surface area (Å²) in [7, 11) is 1.56. The van der Waals surface area contributed by atoms with Gasteiger partial charge in [-0.05, 0) is 61.0 Å². The van der Waals surface area contributed by atoms with Gasteiger partial charge in [-0.15, -0.1) is 0 Å². The lowest BCUT2D eigenvalue weighted by atomic mass is 10.2. The highest BCUT2D eigenvalue weighted by molar-refractivity contribution is 6.39. The van der Waals surface area contributed by atoms with E-state index in [0.717, 1.165) is 11.3 Å². The first-order chi connectivity index (χ1) is 17.3. The van der Waals surface area contributed by atoms with Crippen LogP contribution < -0.4 is 25.6 Å². The molecule has 0 radical (unpaired) electrons. The van der Waals surface area contributed by atoms with Crippen molar-refractivity contribution in [3.8, 4) is 5.75 Å². The van der Waals surface area contributed by atoms with Crippen LogP contribution in [-0.4, -0.2) is 50.3 Å². The lowest BCUT2D eigenvalue weighted by molar-refractivity contribution is 0.208. The topological polar surface area (TPSA) is 85.9 Å². The number of carbonyl (C=O) groups is 2. The summed E-state index contributed by atoms with van der Waals surface area (Å²) < 4.78 is 5.31. The van der Waals surface area contributed by atoms with E-state index in [1.54, 1.807) is 30.2 Å². The number of amides is 4. The normalized spacial score (nSPS) is 13.2. The fraction of sp³-hybridized carbons (Fsp3) is 0.231. The van der Waals surface area contributed by atoms with Crippen molar-refractivity contribution in [2.45, 2.75) is 6.92 Å². The number of methoxy groups -OCH3 is 1.